The Labute approximate surface area is 129 Å². The predicted molar refractivity (Wildman–Crippen MR) is 87.3 cm³/mol. The van der Waals surface area contributed by atoms with Crippen LogP contribution in [0, 0.1) is 11.3 Å². The second-order valence-electron chi connectivity index (χ2n) is 4.71. The number of nitriles is 1. The van der Waals surface area contributed by atoms with E-state index in [0.29, 0.717) is 22.2 Å². The number of hydrogen-bond acceptors (Lipinski definition) is 5. The second kappa shape index (κ2) is 7.09. The fourth-order valence-corrected chi connectivity index (χ4v) is 2.25. The fraction of sp³-hybridized carbons (Fsp3) is 0.312. The van der Waals surface area contributed by atoms with E-state index in [4.69, 9.17) is 0 Å². The highest BCUT2D eigenvalue weighted by Gasteiger charge is 2.16. The van der Waals surface area contributed by atoms with Crippen molar-refractivity contribution in [3.05, 3.63) is 35.9 Å². The van der Waals surface area contributed by atoms with Crippen LogP contribution >= 0.6 is 11.8 Å². The zero-order valence-corrected chi connectivity index (χ0v) is 13.2. The first kappa shape index (κ1) is 15.3. The zero-order valence-electron chi connectivity index (χ0n) is 12.4. The first-order valence-electron chi connectivity index (χ1n) is 6.87. The molecule has 2 rings (SSSR count). The minimum Gasteiger partial charge on any atom is -0.366 e. The van der Waals surface area contributed by atoms with Gasteiger partial charge in [-0.15, -0.1) is 0 Å². The van der Waals surface area contributed by atoms with Crippen LogP contribution in [-0.2, 0) is 0 Å². The van der Waals surface area contributed by atoms with Crippen LogP contribution in [0.3, 0.4) is 0 Å². The Morgan fingerprint density at radius 2 is 2.00 bits per heavy atom. The lowest BCUT2D eigenvalue weighted by atomic mass is 10.1. The molecule has 0 bridgehead atoms. The summed E-state index contributed by atoms with van der Waals surface area (Å²) in [6, 6.07) is 12.3. The van der Waals surface area contributed by atoms with Crippen molar-refractivity contribution >= 4 is 17.6 Å². The minimum absolute atomic E-state index is 0.255. The molecule has 1 aromatic heterocycles. The monoisotopic (exact) mass is 298 g/mol. The third-order valence-electron chi connectivity index (χ3n) is 3.23. The van der Waals surface area contributed by atoms with Crippen LogP contribution in [0.5, 0.6) is 0 Å². The molecule has 0 aliphatic carbocycles. The SMILES string of the molecule is CC[C@@H](C)Nc1nc(SC)nc(-c2ccccc2)c1C#N. The van der Waals surface area contributed by atoms with Crippen molar-refractivity contribution in [2.45, 2.75) is 31.5 Å². The molecule has 108 valence electrons. The Balaban J connectivity index is 2.59. The summed E-state index contributed by atoms with van der Waals surface area (Å²) in [5, 5.41) is 13.5. The molecule has 2 aromatic rings. The molecule has 0 spiro atoms. The Bertz CT molecular complexity index is 649. The van der Waals surface area contributed by atoms with Gasteiger partial charge >= 0.3 is 0 Å². The maximum absolute atomic E-state index is 9.53. The summed E-state index contributed by atoms with van der Waals surface area (Å²) in [7, 11) is 0. The minimum atomic E-state index is 0.255. The van der Waals surface area contributed by atoms with E-state index in [1.54, 1.807) is 0 Å². The number of benzene rings is 1. The van der Waals surface area contributed by atoms with Crippen molar-refractivity contribution in [2.24, 2.45) is 0 Å². The molecule has 1 aromatic carbocycles. The molecular formula is C16H18N4S. The molecule has 1 atom stereocenters. The molecule has 4 nitrogen and oxygen atoms in total. The lowest BCUT2D eigenvalue weighted by molar-refractivity contribution is 0.753. The van der Waals surface area contributed by atoms with Gasteiger partial charge in [-0.25, -0.2) is 9.97 Å². The first-order chi connectivity index (χ1) is 10.2. The van der Waals surface area contributed by atoms with Crippen LogP contribution in [0.15, 0.2) is 35.5 Å². The molecule has 1 heterocycles. The van der Waals surface area contributed by atoms with Gasteiger partial charge in [-0.05, 0) is 19.6 Å². The highest BCUT2D eigenvalue weighted by molar-refractivity contribution is 7.98. The van der Waals surface area contributed by atoms with Gasteiger partial charge in [-0.1, -0.05) is 49.0 Å². The molecule has 21 heavy (non-hydrogen) atoms. The molecule has 0 fully saturated rings. The van der Waals surface area contributed by atoms with Crippen LogP contribution in [0.25, 0.3) is 11.3 Å². The summed E-state index contributed by atoms with van der Waals surface area (Å²) in [4.78, 5) is 8.97. The molecule has 0 radical (unpaired) electrons. The lowest BCUT2D eigenvalue weighted by Crippen LogP contribution is -2.16. The van der Waals surface area contributed by atoms with E-state index in [9.17, 15) is 5.26 Å². The van der Waals surface area contributed by atoms with E-state index in [2.05, 4.69) is 35.2 Å². The Kier molecular flexibility index (Phi) is 5.18. The second-order valence-corrected chi connectivity index (χ2v) is 5.49. The third-order valence-corrected chi connectivity index (χ3v) is 3.77. The van der Waals surface area contributed by atoms with Crippen LogP contribution < -0.4 is 5.32 Å². The van der Waals surface area contributed by atoms with Crippen molar-refractivity contribution < 1.29 is 0 Å². The van der Waals surface area contributed by atoms with Gasteiger partial charge in [0.15, 0.2) is 5.16 Å². The molecule has 5 heteroatoms. The van der Waals surface area contributed by atoms with E-state index in [1.807, 2.05) is 36.6 Å². The van der Waals surface area contributed by atoms with Crippen molar-refractivity contribution in [1.29, 1.82) is 5.26 Å². The summed E-state index contributed by atoms with van der Waals surface area (Å²) in [5.74, 6) is 0.616. The summed E-state index contributed by atoms with van der Waals surface area (Å²) in [6.45, 7) is 4.17. The maximum atomic E-state index is 9.53. The van der Waals surface area contributed by atoms with Crippen LogP contribution in [-0.4, -0.2) is 22.3 Å². The largest absolute Gasteiger partial charge is 0.366 e. The van der Waals surface area contributed by atoms with Gasteiger partial charge in [0.2, 0.25) is 0 Å². The average Bonchev–Trinajstić information content (AvgIpc) is 2.54. The van der Waals surface area contributed by atoms with Gasteiger partial charge in [-0.2, -0.15) is 5.26 Å². The van der Waals surface area contributed by atoms with E-state index < -0.39 is 0 Å². The van der Waals surface area contributed by atoms with Crippen molar-refractivity contribution in [3.63, 3.8) is 0 Å². The number of rotatable bonds is 5. The third kappa shape index (κ3) is 3.53. The van der Waals surface area contributed by atoms with Gasteiger partial charge < -0.3 is 5.32 Å². The van der Waals surface area contributed by atoms with Crippen LogP contribution in [0.2, 0.25) is 0 Å². The smallest absolute Gasteiger partial charge is 0.189 e. The van der Waals surface area contributed by atoms with Gasteiger partial charge in [0.25, 0.3) is 0 Å². The quantitative estimate of drug-likeness (QED) is 0.669. The average molecular weight is 298 g/mol. The zero-order chi connectivity index (χ0) is 15.2. The van der Waals surface area contributed by atoms with E-state index in [1.165, 1.54) is 11.8 Å². The predicted octanol–water partition coefficient (Wildman–Crippen LogP) is 3.95. The van der Waals surface area contributed by atoms with Gasteiger partial charge in [0.1, 0.15) is 17.5 Å². The van der Waals surface area contributed by atoms with Crippen molar-refractivity contribution in [2.75, 3.05) is 11.6 Å². The first-order valence-corrected chi connectivity index (χ1v) is 8.10. The van der Waals surface area contributed by atoms with Gasteiger partial charge in [0.05, 0.1) is 5.69 Å². The molecular weight excluding hydrogens is 280 g/mol. The normalized spacial score (nSPS) is 11.7. The number of aromatic nitrogens is 2. The lowest BCUT2D eigenvalue weighted by Gasteiger charge is -2.16. The maximum Gasteiger partial charge on any atom is 0.189 e. The molecule has 0 aliphatic rings. The number of anilines is 1. The molecule has 0 amide bonds. The molecule has 0 aliphatic heterocycles. The summed E-state index contributed by atoms with van der Waals surface area (Å²) in [6.07, 6.45) is 2.90. The Morgan fingerprint density at radius 1 is 1.29 bits per heavy atom. The Morgan fingerprint density at radius 3 is 2.57 bits per heavy atom. The molecule has 0 unspecified atom stereocenters. The highest BCUT2D eigenvalue weighted by atomic mass is 32.2. The number of nitrogens with one attached hydrogen (secondary N) is 1. The van der Waals surface area contributed by atoms with Crippen molar-refractivity contribution in [3.8, 4) is 17.3 Å². The summed E-state index contributed by atoms with van der Waals surface area (Å²) < 4.78 is 0. The van der Waals surface area contributed by atoms with Crippen molar-refractivity contribution in [1.82, 2.24) is 9.97 Å². The molecule has 0 saturated heterocycles. The van der Waals surface area contributed by atoms with Crippen LogP contribution in [0.1, 0.15) is 25.8 Å². The van der Waals surface area contributed by atoms with Gasteiger partial charge in [0, 0.05) is 11.6 Å². The Hall–Kier alpha value is -2.06. The van der Waals surface area contributed by atoms with Crippen LogP contribution in [0.4, 0.5) is 5.82 Å². The van der Waals surface area contributed by atoms with Gasteiger partial charge in [-0.3, -0.25) is 0 Å². The molecule has 0 saturated carbocycles. The summed E-state index contributed by atoms with van der Waals surface area (Å²) >= 11 is 1.47. The van der Waals surface area contributed by atoms with E-state index >= 15 is 0 Å². The number of nitrogens with zero attached hydrogens (tertiary/aromatic N) is 3. The molecule has 1 N–H and O–H groups in total. The highest BCUT2D eigenvalue weighted by Crippen LogP contribution is 2.28. The van der Waals surface area contributed by atoms with E-state index in [0.717, 1.165) is 12.0 Å². The number of thioether (sulfide) groups is 1. The van der Waals surface area contributed by atoms with E-state index in [-0.39, 0.29) is 6.04 Å². The standard InChI is InChI=1S/C16H18N4S/c1-4-11(2)18-15-13(10-17)14(19-16(20-15)21-3)12-8-6-5-7-9-12/h5-9,11H,4H2,1-3H3,(H,18,19,20)/t11-/m1/s1. The number of hydrogen-bond donors (Lipinski definition) is 1. The topological polar surface area (TPSA) is 61.6 Å². The fourth-order valence-electron chi connectivity index (χ4n) is 1.88. The summed E-state index contributed by atoms with van der Waals surface area (Å²) in [5.41, 5.74) is 2.11.